The Kier molecular flexibility index (Phi) is 6.09. The first-order valence-corrected chi connectivity index (χ1v) is 10.3. The van der Waals surface area contributed by atoms with Gasteiger partial charge in [-0.15, -0.1) is 12.4 Å². The molecule has 0 aliphatic heterocycles. The number of para-hydroxylation sites is 1. The van der Waals surface area contributed by atoms with Crippen LogP contribution in [0.2, 0.25) is 0 Å². The zero-order chi connectivity index (χ0) is 20.7. The number of fused-ring (bicyclic) bond motifs is 1. The van der Waals surface area contributed by atoms with Gasteiger partial charge in [0.15, 0.2) is 5.82 Å². The topological polar surface area (TPSA) is 92.8 Å². The fourth-order valence-corrected chi connectivity index (χ4v) is 4.33. The van der Waals surface area contributed by atoms with E-state index in [0.29, 0.717) is 25.2 Å². The van der Waals surface area contributed by atoms with Gasteiger partial charge in [0.1, 0.15) is 11.6 Å². The third kappa shape index (κ3) is 4.21. The number of nitrogens with two attached hydrogens (primary N) is 1. The highest BCUT2D eigenvalue weighted by Crippen LogP contribution is 2.34. The number of halogens is 2. The minimum absolute atomic E-state index is 0. The number of aromatic nitrogens is 4. The summed E-state index contributed by atoms with van der Waals surface area (Å²) in [6.07, 6.45) is 3.59. The standard InChI is InChI=1S/C23H24FN5O.ClH/c24-16-8-5-14(6-9-16)13-29-23(15-7-10-21(30)19(25)11-15)27-22(28-29)18-12-26-20-4-2-1-3-17(18)20;/h1-6,8-9,12,15,19,21,26,30H,7,10-11,13,25H2;1H/t15-,19+,21+;/m0./s1. The minimum Gasteiger partial charge on any atom is -0.392 e. The number of aromatic amines is 1. The summed E-state index contributed by atoms with van der Waals surface area (Å²) in [6, 6.07) is 14.2. The van der Waals surface area contributed by atoms with E-state index in [-0.39, 0.29) is 30.2 Å². The Bertz CT molecular complexity index is 1170. The average Bonchev–Trinajstić information content (AvgIpc) is 3.36. The molecule has 0 spiro atoms. The number of nitrogens with zero attached hydrogens (tertiary/aromatic N) is 3. The van der Waals surface area contributed by atoms with Crippen LogP contribution < -0.4 is 5.73 Å². The van der Waals surface area contributed by atoms with Gasteiger partial charge in [-0.2, -0.15) is 5.10 Å². The van der Waals surface area contributed by atoms with Crippen molar-refractivity contribution in [1.29, 1.82) is 0 Å². The van der Waals surface area contributed by atoms with E-state index in [0.717, 1.165) is 34.3 Å². The first-order valence-electron chi connectivity index (χ1n) is 10.3. The molecule has 6 nitrogen and oxygen atoms in total. The molecule has 0 amide bonds. The molecule has 1 fully saturated rings. The number of hydrogen-bond donors (Lipinski definition) is 3. The van der Waals surface area contributed by atoms with E-state index < -0.39 is 6.10 Å². The molecule has 1 aliphatic carbocycles. The number of aliphatic hydroxyl groups is 1. The van der Waals surface area contributed by atoms with Crippen LogP contribution in [0.1, 0.15) is 36.6 Å². The van der Waals surface area contributed by atoms with Crippen LogP contribution in [0.15, 0.2) is 54.7 Å². The minimum atomic E-state index is -0.470. The summed E-state index contributed by atoms with van der Waals surface area (Å²) < 4.78 is 15.2. The van der Waals surface area contributed by atoms with Crippen molar-refractivity contribution >= 4 is 23.3 Å². The van der Waals surface area contributed by atoms with Gasteiger partial charge in [0, 0.05) is 34.6 Å². The van der Waals surface area contributed by atoms with Gasteiger partial charge in [-0.05, 0) is 43.0 Å². The maximum atomic E-state index is 13.3. The van der Waals surface area contributed by atoms with Gasteiger partial charge in [0.2, 0.25) is 0 Å². The van der Waals surface area contributed by atoms with E-state index >= 15 is 0 Å². The SMILES string of the molecule is Cl.N[C@@H]1C[C@@H](c2nc(-c3c[nH]c4ccccc34)nn2Cc2ccc(F)cc2)CC[C@H]1O. The van der Waals surface area contributed by atoms with Crippen LogP contribution in [-0.4, -0.2) is 37.0 Å². The highest BCUT2D eigenvalue weighted by molar-refractivity contribution is 5.93. The Morgan fingerprint density at radius 3 is 2.68 bits per heavy atom. The molecule has 4 N–H and O–H groups in total. The first-order chi connectivity index (χ1) is 14.6. The molecule has 1 aliphatic rings. The van der Waals surface area contributed by atoms with Gasteiger partial charge in [0.25, 0.3) is 0 Å². The number of H-pyrrole nitrogens is 1. The molecular formula is C23H25ClFN5O. The van der Waals surface area contributed by atoms with Gasteiger partial charge >= 0.3 is 0 Å². The maximum Gasteiger partial charge on any atom is 0.183 e. The van der Waals surface area contributed by atoms with E-state index in [4.69, 9.17) is 15.8 Å². The van der Waals surface area contributed by atoms with E-state index in [2.05, 4.69) is 4.98 Å². The zero-order valence-electron chi connectivity index (χ0n) is 16.9. The molecule has 0 unspecified atom stereocenters. The molecule has 162 valence electrons. The highest BCUT2D eigenvalue weighted by atomic mass is 35.5. The van der Waals surface area contributed by atoms with E-state index in [1.807, 2.05) is 35.1 Å². The van der Waals surface area contributed by atoms with E-state index in [1.165, 1.54) is 12.1 Å². The zero-order valence-corrected chi connectivity index (χ0v) is 17.7. The monoisotopic (exact) mass is 441 g/mol. The molecule has 0 radical (unpaired) electrons. The van der Waals surface area contributed by atoms with Crippen molar-refractivity contribution in [3.8, 4) is 11.4 Å². The second kappa shape index (κ2) is 8.78. The van der Waals surface area contributed by atoms with Crippen molar-refractivity contribution in [3.05, 3.63) is 71.9 Å². The Hall–Kier alpha value is -2.74. The molecule has 0 bridgehead atoms. The molecule has 2 aromatic carbocycles. The largest absolute Gasteiger partial charge is 0.392 e. The smallest absolute Gasteiger partial charge is 0.183 e. The molecule has 3 atom stereocenters. The Balaban J connectivity index is 0.00000231. The molecule has 0 saturated heterocycles. The van der Waals surface area contributed by atoms with Crippen LogP contribution in [0.4, 0.5) is 4.39 Å². The summed E-state index contributed by atoms with van der Waals surface area (Å²) in [5, 5.41) is 15.9. The van der Waals surface area contributed by atoms with Gasteiger partial charge in [-0.3, -0.25) is 0 Å². The normalized spacial score (nSPS) is 21.2. The summed E-state index contributed by atoms with van der Waals surface area (Å²) in [5.41, 5.74) is 9.08. The predicted octanol–water partition coefficient (Wildman–Crippen LogP) is 3.99. The van der Waals surface area contributed by atoms with Crippen LogP contribution in [-0.2, 0) is 6.54 Å². The lowest BCUT2D eigenvalue weighted by atomic mass is 9.83. The molecular weight excluding hydrogens is 417 g/mol. The Morgan fingerprint density at radius 1 is 1.13 bits per heavy atom. The Morgan fingerprint density at radius 2 is 1.90 bits per heavy atom. The maximum absolute atomic E-state index is 13.3. The lowest BCUT2D eigenvalue weighted by Gasteiger charge is -2.30. The fourth-order valence-electron chi connectivity index (χ4n) is 4.33. The van der Waals surface area contributed by atoms with Crippen molar-refractivity contribution in [2.75, 3.05) is 0 Å². The molecule has 2 heterocycles. The van der Waals surface area contributed by atoms with Crippen LogP contribution in [0.3, 0.4) is 0 Å². The molecule has 8 heteroatoms. The number of nitrogens with one attached hydrogen (secondary N) is 1. The predicted molar refractivity (Wildman–Crippen MR) is 121 cm³/mol. The second-order valence-electron chi connectivity index (χ2n) is 8.07. The van der Waals surface area contributed by atoms with Crippen molar-refractivity contribution in [2.45, 2.75) is 43.9 Å². The molecule has 2 aromatic heterocycles. The highest BCUT2D eigenvalue weighted by Gasteiger charge is 2.31. The number of rotatable bonds is 4. The fraction of sp³-hybridized carbons (Fsp3) is 0.304. The molecule has 4 aromatic rings. The number of aliphatic hydroxyl groups excluding tert-OH is 1. The van der Waals surface area contributed by atoms with Crippen molar-refractivity contribution in [2.24, 2.45) is 5.73 Å². The van der Waals surface area contributed by atoms with Gasteiger partial charge in [-0.25, -0.2) is 14.1 Å². The van der Waals surface area contributed by atoms with Crippen molar-refractivity contribution in [1.82, 2.24) is 19.7 Å². The van der Waals surface area contributed by atoms with Gasteiger partial charge in [0.05, 0.1) is 12.6 Å². The lowest BCUT2D eigenvalue weighted by Crippen LogP contribution is -2.40. The lowest BCUT2D eigenvalue weighted by molar-refractivity contribution is 0.0985. The number of benzene rings is 2. The average molecular weight is 442 g/mol. The third-order valence-electron chi connectivity index (χ3n) is 6.00. The third-order valence-corrected chi connectivity index (χ3v) is 6.00. The quantitative estimate of drug-likeness (QED) is 0.446. The summed E-state index contributed by atoms with van der Waals surface area (Å²) >= 11 is 0. The molecule has 31 heavy (non-hydrogen) atoms. The summed E-state index contributed by atoms with van der Waals surface area (Å²) in [7, 11) is 0. The molecule has 5 rings (SSSR count). The van der Waals surface area contributed by atoms with Crippen LogP contribution in [0, 0.1) is 5.82 Å². The summed E-state index contributed by atoms with van der Waals surface area (Å²) in [4.78, 5) is 8.20. The summed E-state index contributed by atoms with van der Waals surface area (Å²) in [6.45, 7) is 0.499. The second-order valence-corrected chi connectivity index (χ2v) is 8.07. The number of hydrogen-bond acceptors (Lipinski definition) is 4. The van der Waals surface area contributed by atoms with Gasteiger partial charge < -0.3 is 15.8 Å². The van der Waals surface area contributed by atoms with Crippen LogP contribution in [0.25, 0.3) is 22.3 Å². The first kappa shape index (κ1) is 21.5. The van der Waals surface area contributed by atoms with Gasteiger partial charge in [-0.1, -0.05) is 30.3 Å². The van der Waals surface area contributed by atoms with Crippen LogP contribution >= 0.6 is 12.4 Å². The summed E-state index contributed by atoms with van der Waals surface area (Å²) in [5.74, 6) is 1.38. The van der Waals surface area contributed by atoms with E-state index in [1.54, 1.807) is 12.1 Å². The van der Waals surface area contributed by atoms with Crippen molar-refractivity contribution < 1.29 is 9.50 Å². The molecule has 1 saturated carbocycles. The van der Waals surface area contributed by atoms with Crippen LogP contribution in [0.5, 0.6) is 0 Å². The van der Waals surface area contributed by atoms with Crippen molar-refractivity contribution in [3.63, 3.8) is 0 Å². The van der Waals surface area contributed by atoms with E-state index in [9.17, 15) is 9.50 Å². The Labute approximate surface area is 185 Å².